The zero-order valence-electron chi connectivity index (χ0n) is 26.1. The summed E-state index contributed by atoms with van der Waals surface area (Å²) in [5.74, 6) is 0. The molecule has 0 saturated heterocycles. The molecule has 0 fully saturated rings. The van der Waals surface area contributed by atoms with E-state index >= 15 is 0 Å². The highest BCUT2D eigenvalue weighted by atomic mass is 32.1. The Morgan fingerprint density at radius 1 is 0.429 bits per heavy atom. The lowest BCUT2D eigenvalue weighted by Crippen LogP contribution is -1.98. The fourth-order valence-corrected chi connectivity index (χ4v) is 10.7. The van der Waals surface area contributed by atoms with Crippen molar-refractivity contribution in [2.24, 2.45) is 0 Å². The van der Waals surface area contributed by atoms with Gasteiger partial charge in [0, 0.05) is 36.5 Å². The summed E-state index contributed by atoms with van der Waals surface area (Å²) in [5, 5.41) is 11.5. The first kappa shape index (κ1) is 26.2. The standard InChI is InChI=1S/C45H24N2S2/c1-2-11-27-25(9-1)19-21-32-33-23-34(45-46-35-16-5-6-18-39(35)49-45)38(24-40(33)48-44(27)32)47-36-17-8-15-31-29-13-4-3-12-28(29)30-14-7-10-26-20-22-37(47)43(41(26)30)42(31)36/h1-24H. The van der Waals surface area contributed by atoms with Gasteiger partial charge in [0.25, 0.3) is 0 Å². The average molecular weight is 657 g/mol. The number of thiophene rings is 1. The minimum absolute atomic E-state index is 1.04. The van der Waals surface area contributed by atoms with Crippen LogP contribution < -0.4 is 0 Å². The van der Waals surface area contributed by atoms with Crippen molar-refractivity contribution in [3.05, 3.63) is 146 Å². The van der Waals surface area contributed by atoms with E-state index in [4.69, 9.17) is 4.98 Å². The molecule has 1 aliphatic carbocycles. The molecule has 226 valence electrons. The number of aromatic nitrogens is 2. The molecule has 0 spiro atoms. The molecular weight excluding hydrogens is 633 g/mol. The van der Waals surface area contributed by atoms with Crippen LogP contribution in [0.4, 0.5) is 0 Å². The quantitative estimate of drug-likeness (QED) is 0.181. The smallest absolute Gasteiger partial charge is 0.126 e. The second kappa shape index (κ2) is 9.42. The van der Waals surface area contributed by atoms with Gasteiger partial charge >= 0.3 is 0 Å². The summed E-state index contributed by atoms with van der Waals surface area (Å²) in [7, 11) is 0. The highest BCUT2D eigenvalue weighted by Gasteiger charge is 2.26. The van der Waals surface area contributed by atoms with E-state index < -0.39 is 0 Å². The topological polar surface area (TPSA) is 17.8 Å². The molecule has 0 N–H and O–H groups in total. The Balaban J connectivity index is 1.28. The number of fused-ring (bicyclic) bond motifs is 9. The van der Waals surface area contributed by atoms with Gasteiger partial charge in [0.1, 0.15) is 5.01 Å². The lowest BCUT2D eigenvalue weighted by atomic mass is 9.93. The van der Waals surface area contributed by atoms with Crippen LogP contribution in [0.15, 0.2) is 146 Å². The van der Waals surface area contributed by atoms with E-state index in [-0.39, 0.29) is 0 Å². The van der Waals surface area contributed by atoms with Gasteiger partial charge in [0.15, 0.2) is 0 Å². The van der Waals surface area contributed by atoms with Crippen LogP contribution in [0, 0.1) is 0 Å². The molecule has 8 aromatic carbocycles. The molecule has 0 atom stereocenters. The predicted molar refractivity (Wildman–Crippen MR) is 212 cm³/mol. The maximum absolute atomic E-state index is 5.27. The fourth-order valence-electron chi connectivity index (χ4n) is 8.47. The summed E-state index contributed by atoms with van der Waals surface area (Å²) in [5.41, 5.74) is 11.0. The maximum atomic E-state index is 5.27. The van der Waals surface area contributed by atoms with E-state index in [9.17, 15) is 0 Å². The van der Waals surface area contributed by atoms with Gasteiger partial charge in [-0.25, -0.2) is 4.98 Å². The molecule has 0 radical (unpaired) electrons. The summed E-state index contributed by atoms with van der Waals surface area (Å²) < 4.78 is 6.36. The Morgan fingerprint density at radius 3 is 2.04 bits per heavy atom. The zero-order chi connectivity index (χ0) is 31.8. The second-order valence-electron chi connectivity index (χ2n) is 13.1. The van der Waals surface area contributed by atoms with Crippen molar-refractivity contribution < 1.29 is 0 Å². The minimum Gasteiger partial charge on any atom is -0.308 e. The number of rotatable bonds is 2. The van der Waals surface area contributed by atoms with E-state index in [2.05, 4.69) is 150 Å². The molecule has 2 nitrogen and oxygen atoms in total. The van der Waals surface area contributed by atoms with E-state index in [1.54, 1.807) is 11.3 Å². The number of thiazole rings is 1. The molecule has 4 heteroatoms. The summed E-state index contributed by atoms with van der Waals surface area (Å²) in [6.45, 7) is 0. The first-order chi connectivity index (χ1) is 24.3. The molecule has 0 bridgehead atoms. The van der Waals surface area contributed by atoms with Crippen molar-refractivity contribution >= 4 is 96.4 Å². The fraction of sp³-hybridized carbons (Fsp3) is 0. The van der Waals surface area contributed by atoms with E-state index in [0.29, 0.717) is 0 Å². The monoisotopic (exact) mass is 656 g/mol. The predicted octanol–water partition coefficient (Wildman–Crippen LogP) is 13.4. The molecule has 12 rings (SSSR count). The summed E-state index contributed by atoms with van der Waals surface area (Å²) in [6.07, 6.45) is 0. The van der Waals surface area contributed by atoms with Crippen molar-refractivity contribution in [2.75, 3.05) is 0 Å². The number of benzene rings is 8. The van der Waals surface area contributed by atoms with Gasteiger partial charge < -0.3 is 4.57 Å². The van der Waals surface area contributed by atoms with Crippen molar-refractivity contribution in [3.63, 3.8) is 0 Å². The molecule has 49 heavy (non-hydrogen) atoms. The summed E-state index contributed by atoms with van der Waals surface area (Å²) in [4.78, 5) is 5.27. The van der Waals surface area contributed by atoms with Crippen LogP contribution >= 0.6 is 22.7 Å². The van der Waals surface area contributed by atoms with Crippen LogP contribution in [0.2, 0.25) is 0 Å². The van der Waals surface area contributed by atoms with Crippen LogP contribution in [0.1, 0.15) is 0 Å². The third-order valence-corrected chi connectivity index (χ3v) is 12.8. The molecule has 0 aliphatic heterocycles. The van der Waals surface area contributed by atoms with Crippen molar-refractivity contribution in [1.29, 1.82) is 0 Å². The normalized spacial score (nSPS) is 12.5. The lowest BCUT2D eigenvalue weighted by Gasteiger charge is -2.15. The van der Waals surface area contributed by atoms with Gasteiger partial charge in [-0.2, -0.15) is 0 Å². The molecule has 0 saturated carbocycles. The molecule has 0 amide bonds. The van der Waals surface area contributed by atoms with Crippen LogP contribution in [-0.4, -0.2) is 9.55 Å². The Bertz CT molecular complexity index is 3200. The Hall–Kier alpha value is -5.81. The second-order valence-corrected chi connectivity index (χ2v) is 15.1. The largest absolute Gasteiger partial charge is 0.308 e. The molecule has 1 aliphatic rings. The van der Waals surface area contributed by atoms with E-state index in [0.717, 1.165) is 16.1 Å². The number of hydrogen-bond donors (Lipinski definition) is 0. The third-order valence-electron chi connectivity index (χ3n) is 10.6. The van der Waals surface area contributed by atoms with Gasteiger partial charge in [-0.15, -0.1) is 22.7 Å². The molecular formula is C45H24N2S2. The van der Waals surface area contributed by atoms with Gasteiger partial charge in [0.2, 0.25) is 0 Å². The van der Waals surface area contributed by atoms with Crippen LogP contribution in [0.25, 0.3) is 112 Å². The lowest BCUT2D eigenvalue weighted by molar-refractivity contribution is 1.19. The van der Waals surface area contributed by atoms with Gasteiger partial charge in [-0.1, -0.05) is 109 Å². The van der Waals surface area contributed by atoms with E-state index in [1.807, 2.05) is 11.3 Å². The van der Waals surface area contributed by atoms with Gasteiger partial charge in [0.05, 0.1) is 26.9 Å². The molecule has 11 aromatic rings. The first-order valence-electron chi connectivity index (χ1n) is 16.6. The molecule has 0 unspecified atom stereocenters. The number of hydrogen-bond acceptors (Lipinski definition) is 3. The van der Waals surface area contributed by atoms with Crippen molar-refractivity contribution in [1.82, 2.24) is 9.55 Å². The Morgan fingerprint density at radius 2 is 1.14 bits per heavy atom. The van der Waals surface area contributed by atoms with Gasteiger partial charge in [-0.05, 0) is 80.2 Å². The average Bonchev–Trinajstić information content (AvgIpc) is 3.83. The van der Waals surface area contributed by atoms with E-state index in [1.165, 1.54) is 96.2 Å². The minimum atomic E-state index is 1.04. The van der Waals surface area contributed by atoms with Crippen molar-refractivity contribution in [3.8, 4) is 38.5 Å². The SMILES string of the molecule is c1ccc2c(c1)-c1cccc3ccc4c(c13)c1c-2cccc1n4-c1cc2sc3c4ccccc4ccc3c2cc1-c1nc2ccccc2s1. The summed E-state index contributed by atoms with van der Waals surface area (Å²) in [6, 6.07) is 53.9. The first-order valence-corrected chi connectivity index (χ1v) is 18.3. The highest BCUT2D eigenvalue weighted by Crippen LogP contribution is 2.51. The van der Waals surface area contributed by atoms with Crippen molar-refractivity contribution in [2.45, 2.75) is 0 Å². The molecule has 3 aromatic heterocycles. The Kier molecular flexibility index (Phi) is 5.03. The number of nitrogens with zero attached hydrogens (tertiary/aromatic N) is 2. The zero-order valence-corrected chi connectivity index (χ0v) is 27.7. The highest BCUT2D eigenvalue weighted by molar-refractivity contribution is 7.26. The van der Waals surface area contributed by atoms with Gasteiger partial charge in [-0.3, -0.25) is 0 Å². The van der Waals surface area contributed by atoms with Crippen LogP contribution in [0.3, 0.4) is 0 Å². The third kappa shape index (κ3) is 3.42. The Labute approximate surface area is 288 Å². The van der Waals surface area contributed by atoms with Crippen LogP contribution in [-0.2, 0) is 0 Å². The number of para-hydroxylation sites is 1. The molecule has 3 heterocycles. The summed E-state index contributed by atoms with van der Waals surface area (Å²) >= 11 is 3.68. The maximum Gasteiger partial charge on any atom is 0.126 e. The van der Waals surface area contributed by atoms with Crippen LogP contribution in [0.5, 0.6) is 0 Å².